The highest BCUT2D eigenvalue weighted by atomic mass is 19.1. The van der Waals surface area contributed by atoms with Gasteiger partial charge < -0.3 is 10.1 Å². The van der Waals surface area contributed by atoms with Gasteiger partial charge in [0.25, 0.3) is 5.56 Å². The minimum atomic E-state index is -1.15. The number of hydrogen-bond donors (Lipinski definition) is 2. The van der Waals surface area contributed by atoms with E-state index in [1.807, 2.05) is 13.0 Å². The summed E-state index contributed by atoms with van der Waals surface area (Å²) in [5.41, 5.74) is 1.21. The largest absolute Gasteiger partial charge is 0.383 e. The average Bonchev–Trinajstić information content (AvgIpc) is 3.04. The zero-order chi connectivity index (χ0) is 18.0. The number of hydrogen-bond acceptors (Lipinski definition) is 4. The van der Waals surface area contributed by atoms with E-state index in [0.29, 0.717) is 17.2 Å². The van der Waals surface area contributed by atoms with Crippen molar-refractivity contribution in [3.63, 3.8) is 0 Å². The quantitative estimate of drug-likeness (QED) is 0.746. The van der Waals surface area contributed by atoms with Crippen molar-refractivity contribution < 1.29 is 9.50 Å². The highest BCUT2D eigenvalue weighted by Gasteiger charge is 2.18. The molecule has 3 rings (SSSR count). The molecule has 0 aliphatic heterocycles. The van der Waals surface area contributed by atoms with Crippen LogP contribution in [0.25, 0.3) is 5.82 Å². The second-order valence-corrected chi connectivity index (χ2v) is 5.92. The fourth-order valence-electron chi connectivity index (χ4n) is 2.70. The number of H-pyrrole nitrogens is 1. The summed E-state index contributed by atoms with van der Waals surface area (Å²) in [5, 5.41) is 14.6. The molecular weight excluding hydrogens is 323 g/mol. The van der Waals surface area contributed by atoms with Crippen molar-refractivity contribution in [2.45, 2.75) is 32.8 Å². The highest BCUT2D eigenvalue weighted by Crippen LogP contribution is 2.25. The van der Waals surface area contributed by atoms with Gasteiger partial charge in [0.1, 0.15) is 17.7 Å². The molecular formula is C18H19FN4O2. The van der Waals surface area contributed by atoms with Gasteiger partial charge in [-0.15, -0.1) is 0 Å². The van der Waals surface area contributed by atoms with E-state index in [9.17, 15) is 14.3 Å². The molecule has 1 unspecified atom stereocenters. The number of rotatable bonds is 5. The first kappa shape index (κ1) is 17.0. The lowest BCUT2D eigenvalue weighted by molar-refractivity contribution is 0.215. The van der Waals surface area contributed by atoms with Crippen molar-refractivity contribution in [2.75, 3.05) is 0 Å². The number of aromatic amines is 1. The lowest BCUT2D eigenvalue weighted by Gasteiger charge is -2.11. The zero-order valence-corrected chi connectivity index (χ0v) is 14.0. The van der Waals surface area contributed by atoms with Gasteiger partial charge in [-0.3, -0.25) is 4.79 Å². The van der Waals surface area contributed by atoms with E-state index in [2.05, 4.69) is 15.1 Å². The third-order valence-electron chi connectivity index (χ3n) is 3.90. The molecule has 3 aromatic rings. The van der Waals surface area contributed by atoms with E-state index in [0.717, 1.165) is 18.4 Å². The van der Waals surface area contributed by atoms with Crippen LogP contribution in [0.3, 0.4) is 0 Å². The Balaban J connectivity index is 1.90. The van der Waals surface area contributed by atoms with Gasteiger partial charge in [0.2, 0.25) is 0 Å². The summed E-state index contributed by atoms with van der Waals surface area (Å²) >= 11 is 0. The third kappa shape index (κ3) is 3.66. The predicted octanol–water partition coefficient (Wildman–Crippen LogP) is 2.44. The van der Waals surface area contributed by atoms with Crippen LogP contribution < -0.4 is 5.56 Å². The maximum atomic E-state index is 14.3. The first-order valence-corrected chi connectivity index (χ1v) is 8.07. The van der Waals surface area contributed by atoms with E-state index in [1.54, 1.807) is 13.0 Å². The fourth-order valence-corrected chi connectivity index (χ4v) is 2.70. The molecule has 0 bridgehead atoms. The summed E-state index contributed by atoms with van der Waals surface area (Å²) in [6, 6.07) is 6.17. The van der Waals surface area contributed by atoms with Crippen molar-refractivity contribution in [3.8, 4) is 5.82 Å². The topological polar surface area (TPSA) is 83.8 Å². The molecule has 0 radical (unpaired) electrons. The van der Waals surface area contributed by atoms with E-state index in [-0.39, 0.29) is 11.1 Å². The van der Waals surface area contributed by atoms with Gasteiger partial charge in [0.05, 0.1) is 6.20 Å². The standard InChI is InChI=1S/C18H19FN4O2/c1-3-4-12-5-6-14(15(19)7-12)18(25)13-9-20-23(10-13)16-8-17(24)22-11(2)21-16/h5-10,18,25H,3-4H2,1-2H3,(H,21,22,24). The molecule has 6 nitrogen and oxygen atoms in total. The van der Waals surface area contributed by atoms with E-state index in [1.165, 1.54) is 29.2 Å². The van der Waals surface area contributed by atoms with Crippen LogP contribution in [0.15, 0.2) is 41.5 Å². The Labute approximate surface area is 144 Å². The molecule has 0 amide bonds. The Hall–Kier alpha value is -2.80. The number of nitrogens with one attached hydrogen (secondary N) is 1. The van der Waals surface area contributed by atoms with Crippen molar-refractivity contribution >= 4 is 0 Å². The Morgan fingerprint density at radius 2 is 2.16 bits per heavy atom. The Morgan fingerprint density at radius 1 is 1.36 bits per heavy atom. The lowest BCUT2D eigenvalue weighted by Crippen LogP contribution is -2.12. The van der Waals surface area contributed by atoms with Crippen LogP contribution in [0, 0.1) is 12.7 Å². The molecule has 2 N–H and O–H groups in total. The third-order valence-corrected chi connectivity index (χ3v) is 3.90. The molecule has 0 saturated carbocycles. The molecule has 7 heteroatoms. The normalized spacial score (nSPS) is 12.3. The van der Waals surface area contributed by atoms with E-state index >= 15 is 0 Å². The van der Waals surface area contributed by atoms with Gasteiger partial charge in [-0.2, -0.15) is 5.10 Å². The van der Waals surface area contributed by atoms with Crippen molar-refractivity contribution in [1.29, 1.82) is 0 Å². The minimum Gasteiger partial charge on any atom is -0.383 e. The average molecular weight is 342 g/mol. The molecule has 0 fully saturated rings. The van der Waals surface area contributed by atoms with Gasteiger partial charge in [-0.05, 0) is 25.0 Å². The minimum absolute atomic E-state index is 0.189. The zero-order valence-electron chi connectivity index (χ0n) is 14.0. The number of nitrogens with zero attached hydrogens (tertiary/aromatic N) is 3. The Morgan fingerprint density at radius 3 is 2.84 bits per heavy atom. The fraction of sp³-hybridized carbons (Fsp3) is 0.278. The molecule has 0 spiro atoms. The summed E-state index contributed by atoms with van der Waals surface area (Å²) < 4.78 is 15.7. The number of benzene rings is 1. The number of halogens is 1. The maximum Gasteiger partial charge on any atom is 0.253 e. The van der Waals surface area contributed by atoms with Crippen LogP contribution in [-0.4, -0.2) is 24.9 Å². The Kier molecular flexibility index (Phi) is 4.76. The number of aryl methyl sites for hydroxylation is 2. The van der Waals surface area contributed by atoms with Crippen LogP contribution in [-0.2, 0) is 6.42 Å². The van der Waals surface area contributed by atoms with E-state index < -0.39 is 11.9 Å². The second kappa shape index (κ2) is 6.98. The van der Waals surface area contributed by atoms with E-state index in [4.69, 9.17) is 0 Å². The molecule has 2 aromatic heterocycles. The molecule has 0 saturated heterocycles. The second-order valence-electron chi connectivity index (χ2n) is 5.92. The van der Waals surface area contributed by atoms with Crippen LogP contribution in [0.2, 0.25) is 0 Å². The first-order valence-electron chi connectivity index (χ1n) is 8.07. The van der Waals surface area contributed by atoms with Crippen molar-refractivity contribution in [2.24, 2.45) is 0 Å². The summed E-state index contributed by atoms with van der Waals surface area (Å²) in [6.07, 6.45) is 3.54. The molecule has 1 atom stereocenters. The number of aromatic nitrogens is 4. The highest BCUT2D eigenvalue weighted by molar-refractivity contribution is 5.33. The maximum absolute atomic E-state index is 14.3. The summed E-state index contributed by atoms with van der Waals surface area (Å²) in [6.45, 7) is 3.69. The summed E-state index contributed by atoms with van der Waals surface area (Å²) in [4.78, 5) is 18.3. The van der Waals surface area contributed by atoms with Crippen molar-refractivity contribution in [3.05, 3.63) is 75.3 Å². The molecule has 130 valence electrons. The van der Waals surface area contributed by atoms with Crippen LogP contribution in [0.1, 0.15) is 42.0 Å². The monoisotopic (exact) mass is 342 g/mol. The first-order chi connectivity index (χ1) is 12.0. The number of aliphatic hydroxyl groups is 1. The van der Waals surface area contributed by atoms with Crippen LogP contribution >= 0.6 is 0 Å². The SMILES string of the molecule is CCCc1ccc(C(O)c2cnn(-c3cc(=O)[nH]c(C)n3)c2)c(F)c1. The molecule has 2 heterocycles. The summed E-state index contributed by atoms with van der Waals surface area (Å²) in [7, 11) is 0. The van der Waals surface area contributed by atoms with Crippen LogP contribution in [0.4, 0.5) is 4.39 Å². The van der Waals surface area contributed by atoms with Crippen molar-refractivity contribution in [1.82, 2.24) is 19.7 Å². The molecule has 1 aromatic carbocycles. The predicted molar refractivity (Wildman–Crippen MR) is 91.2 cm³/mol. The lowest BCUT2D eigenvalue weighted by atomic mass is 10.0. The smallest absolute Gasteiger partial charge is 0.253 e. The molecule has 0 aliphatic carbocycles. The van der Waals surface area contributed by atoms with Gasteiger partial charge in [0.15, 0.2) is 5.82 Å². The molecule has 25 heavy (non-hydrogen) atoms. The van der Waals surface area contributed by atoms with Gasteiger partial charge >= 0.3 is 0 Å². The van der Waals surface area contributed by atoms with Gasteiger partial charge in [-0.25, -0.2) is 14.1 Å². The number of aliphatic hydroxyl groups excluding tert-OH is 1. The van der Waals surface area contributed by atoms with Crippen LogP contribution in [0.5, 0.6) is 0 Å². The Bertz CT molecular complexity index is 948. The summed E-state index contributed by atoms with van der Waals surface area (Å²) in [5.74, 6) is 0.340. The van der Waals surface area contributed by atoms with Gasteiger partial charge in [0, 0.05) is 23.4 Å². The van der Waals surface area contributed by atoms with Gasteiger partial charge in [-0.1, -0.05) is 25.5 Å². The molecule has 0 aliphatic rings.